The van der Waals surface area contributed by atoms with E-state index in [1.165, 1.54) is 16.9 Å². The third-order valence-electron chi connectivity index (χ3n) is 2.09. The largest absolute Gasteiger partial charge is 0.454 e. The average molecular weight is 251 g/mol. The highest BCUT2D eigenvalue weighted by Gasteiger charge is 2.14. The fourth-order valence-electron chi connectivity index (χ4n) is 1.29. The van der Waals surface area contributed by atoms with Crippen molar-refractivity contribution in [1.29, 1.82) is 0 Å². The van der Waals surface area contributed by atoms with Crippen LogP contribution in [-0.2, 0) is 18.4 Å². The molecule has 0 atom stereocenters. The molecule has 1 heterocycles. The molecule has 94 valence electrons. The number of tetrazole rings is 1. The molecule has 0 fully saturated rings. The maximum Gasteiger partial charge on any atom is 0.341 e. The van der Waals surface area contributed by atoms with Gasteiger partial charge in [0, 0.05) is 5.69 Å². The first-order valence-electron chi connectivity index (χ1n) is 5.01. The van der Waals surface area contributed by atoms with Crippen molar-refractivity contribution < 1.29 is 13.9 Å². The summed E-state index contributed by atoms with van der Waals surface area (Å²) in [6.45, 7) is -0.180. The molecule has 0 amide bonds. The predicted octanol–water partition coefficient (Wildman–Crippen LogP) is 0.288. The Morgan fingerprint density at radius 2 is 2.33 bits per heavy atom. The molecule has 0 unspecified atom stereocenters. The van der Waals surface area contributed by atoms with Gasteiger partial charge in [0.1, 0.15) is 5.82 Å². The number of aryl methyl sites for hydroxylation is 1. The summed E-state index contributed by atoms with van der Waals surface area (Å²) in [5, 5.41) is 11.0. The number of nitrogen functional groups attached to an aromatic ring is 1. The van der Waals surface area contributed by atoms with E-state index in [-0.39, 0.29) is 23.7 Å². The number of aromatic nitrogens is 4. The first-order valence-corrected chi connectivity index (χ1v) is 5.01. The molecule has 0 aliphatic carbocycles. The lowest BCUT2D eigenvalue weighted by molar-refractivity contribution is 0.0456. The van der Waals surface area contributed by atoms with E-state index in [1.54, 1.807) is 7.05 Å². The normalized spacial score (nSPS) is 10.3. The molecule has 0 bridgehead atoms. The van der Waals surface area contributed by atoms with E-state index >= 15 is 0 Å². The summed E-state index contributed by atoms with van der Waals surface area (Å²) in [6.07, 6.45) is 0. The lowest BCUT2D eigenvalue weighted by Gasteiger charge is -2.04. The summed E-state index contributed by atoms with van der Waals surface area (Å²) in [4.78, 5) is 12.8. The molecule has 8 heteroatoms. The van der Waals surface area contributed by atoms with Crippen molar-refractivity contribution in [3.05, 3.63) is 35.4 Å². The Bertz CT molecular complexity index is 583. The topological polar surface area (TPSA) is 95.9 Å². The molecular weight excluding hydrogens is 241 g/mol. The Labute approximate surface area is 101 Å². The van der Waals surface area contributed by atoms with E-state index in [1.807, 2.05) is 0 Å². The van der Waals surface area contributed by atoms with Crippen LogP contribution in [0.25, 0.3) is 0 Å². The third-order valence-corrected chi connectivity index (χ3v) is 2.09. The van der Waals surface area contributed by atoms with Crippen LogP contribution in [0.3, 0.4) is 0 Å². The number of nitrogens with two attached hydrogens (primary N) is 1. The van der Waals surface area contributed by atoms with E-state index in [0.717, 1.165) is 6.07 Å². The summed E-state index contributed by atoms with van der Waals surface area (Å²) in [6, 6.07) is 3.67. The summed E-state index contributed by atoms with van der Waals surface area (Å²) in [5.41, 5.74) is 5.52. The van der Waals surface area contributed by atoms with Crippen LogP contribution in [0.2, 0.25) is 0 Å². The predicted molar refractivity (Wildman–Crippen MR) is 58.7 cm³/mol. The van der Waals surface area contributed by atoms with Gasteiger partial charge in [-0.2, -0.15) is 4.80 Å². The number of hydrogen-bond donors (Lipinski definition) is 1. The number of nitrogens with zero attached hydrogens (tertiary/aromatic N) is 4. The van der Waals surface area contributed by atoms with Gasteiger partial charge in [0.2, 0.25) is 5.82 Å². The van der Waals surface area contributed by atoms with Crippen LogP contribution in [0.5, 0.6) is 0 Å². The van der Waals surface area contributed by atoms with Gasteiger partial charge in [-0.15, -0.1) is 10.2 Å². The fraction of sp³-hybridized carbons (Fsp3) is 0.200. The van der Waals surface area contributed by atoms with Crippen LogP contribution < -0.4 is 5.73 Å². The molecule has 0 aliphatic heterocycles. The number of carbonyl (C=O) groups is 1. The minimum absolute atomic E-state index is 0.180. The maximum absolute atomic E-state index is 13.3. The van der Waals surface area contributed by atoms with Crippen LogP contribution >= 0.6 is 0 Å². The van der Waals surface area contributed by atoms with Gasteiger partial charge in [0.05, 0.1) is 12.6 Å². The third kappa shape index (κ3) is 2.59. The molecule has 1 aromatic carbocycles. The number of esters is 1. The lowest BCUT2D eigenvalue weighted by Crippen LogP contribution is -2.09. The monoisotopic (exact) mass is 251 g/mol. The molecule has 2 N–H and O–H groups in total. The molecule has 0 saturated carbocycles. The summed E-state index contributed by atoms with van der Waals surface area (Å²) < 4.78 is 18.2. The second-order valence-corrected chi connectivity index (χ2v) is 3.51. The fourth-order valence-corrected chi connectivity index (χ4v) is 1.29. The summed E-state index contributed by atoms with van der Waals surface area (Å²) >= 11 is 0. The van der Waals surface area contributed by atoms with Gasteiger partial charge in [-0.3, -0.25) is 0 Å². The van der Waals surface area contributed by atoms with Crippen molar-refractivity contribution in [2.24, 2.45) is 7.05 Å². The zero-order valence-corrected chi connectivity index (χ0v) is 9.50. The highest BCUT2D eigenvalue weighted by atomic mass is 19.1. The number of halogens is 1. The molecular formula is C10H10FN5O2. The number of anilines is 1. The van der Waals surface area contributed by atoms with E-state index in [0.29, 0.717) is 0 Å². The van der Waals surface area contributed by atoms with Gasteiger partial charge in [-0.1, -0.05) is 0 Å². The molecule has 2 aromatic rings. The minimum atomic E-state index is -0.827. The lowest BCUT2D eigenvalue weighted by atomic mass is 10.2. The second-order valence-electron chi connectivity index (χ2n) is 3.51. The van der Waals surface area contributed by atoms with Crippen molar-refractivity contribution >= 4 is 11.7 Å². The van der Waals surface area contributed by atoms with Gasteiger partial charge in [-0.05, 0) is 23.4 Å². The highest BCUT2D eigenvalue weighted by Crippen LogP contribution is 2.13. The van der Waals surface area contributed by atoms with Gasteiger partial charge in [0.25, 0.3) is 0 Å². The van der Waals surface area contributed by atoms with Crippen LogP contribution in [0, 0.1) is 5.82 Å². The Morgan fingerprint density at radius 3 is 3.00 bits per heavy atom. The number of hydrogen-bond acceptors (Lipinski definition) is 6. The van der Waals surface area contributed by atoms with Crippen molar-refractivity contribution in [3.63, 3.8) is 0 Å². The Hall–Kier alpha value is -2.51. The zero-order valence-electron chi connectivity index (χ0n) is 9.50. The molecule has 7 nitrogen and oxygen atoms in total. The molecule has 0 radical (unpaired) electrons. The smallest absolute Gasteiger partial charge is 0.341 e. The highest BCUT2D eigenvalue weighted by molar-refractivity contribution is 5.90. The van der Waals surface area contributed by atoms with Gasteiger partial charge in [-0.25, -0.2) is 9.18 Å². The molecule has 0 spiro atoms. The van der Waals surface area contributed by atoms with E-state index in [2.05, 4.69) is 15.4 Å². The van der Waals surface area contributed by atoms with Gasteiger partial charge < -0.3 is 10.5 Å². The number of benzene rings is 1. The van der Waals surface area contributed by atoms with Crippen LogP contribution in [0.4, 0.5) is 10.1 Å². The number of ether oxygens (including phenoxy) is 1. The molecule has 18 heavy (non-hydrogen) atoms. The molecule has 2 rings (SSSR count). The zero-order chi connectivity index (χ0) is 13.1. The van der Waals surface area contributed by atoms with Crippen LogP contribution in [-0.4, -0.2) is 26.2 Å². The van der Waals surface area contributed by atoms with Crippen molar-refractivity contribution in [1.82, 2.24) is 20.2 Å². The summed E-state index contributed by atoms with van der Waals surface area (Å²) in [5.74, 6) is -1.29. The minimum Gasteiger partial charge on any atom is -0.454 e. The number of rotatable bonds is 3. The Morgan fingerprint density at radius 1 is 1.56 bits per heavy atom. The first kappa shape index (κ1) is 12.0. The van der Waals surface area contributed by atoms with Crippen molar-refractivity contribution in [3.8, 4) is 0 Å². The van der Waals surface area contributed by atoms with Crippen LogP contribution in [0.1, 0.15) is 16.2 Å². The van der Waals surface area contributed by atoms with E-state index in [4.69, 9.17) is 10.5 Å². The quantitative estimate of drug-likeness (QED) is 0.622. The Balaban J connectivity index is 2.05. The molecule has 0 aliphatic rings. The maximum atomic E-state index is 13.3. The summed E-state index contributed by atoms with van der Waals surface area (Å²) in [7, 11) is 1.58. The average Bonchev–Trinajstić information content (AvgIpc) is 2.75. The van der Waals surface area contributed by atoms with E-state index in [9.17, 15) is 9.18 Å². The molecule has 0 saturated heterocycles. The Kier molecular flexibility index (Phi) is 3.18. The van der Waals surface area contributed by atoms with Gasteiger partial charge in [0.15, 0.2) is 6.61 Å². The first-order chi connectivity index (χ1) is 8.56. The number of carbonyl (C=O) groups excluding carboxylic acids is 1. The van der Waals surface area contributed by atoms with Crippen molar-refractivity contribution in [2.45, 2.75) is 6.61 Å². The second kappa shape index (κ2) is 4.78. The molecule has 1 aromatic heterocycles. The van der Waals surface area contributed by atoms with Crippen molar-refractivity contribution in [2.75, 3.05) is 5.73 Å². The SMILES string of the molecule is Cn1nnc(COC(=O)c2cc(N)ccc2F)n1. The standard InChI is InChI=1S/C10H10FN5O2/c1-16-14-9(13-15-16)5-18-10(17)7-4-6(12)2-3-8(7)11/h2-4H,5,12H2,1H3. The van der Waals surface area contributed by atoms with E-state index < -0.39 is 11.8 Å². The van der Waals surface area contributed by atoms with Crippen LogP contribution in [0.15, 0.2) is 18.2 Å². The van der Waals surface area contributed by atoms with Gasteiger partial charge >= 0.3 is 5.97 Å².